The van der Waals surface area contributed by atoms with E-state index >= 15 is 0 Å². The first kappa shape index (κ1) is 13.5. The van der Waals surface area contributed by atoms with Crippen molar-refractivity contribution in [3.05, 3.63) is 29.6 Å². The van der Waals surface area contributed by atoms with Gasteiger partial charge < -0.3 is 5.43 Å². The molecular formula is C13H20N6. The zero-order valence-corrected chi connectivity index (χ0v) is 11.6. The molecule has 0 unspecified atom stereocenters. The topological polar surface area (TPSA) is 81.6 Å². The lowest BCUT2D eigenvalue weighted by Gasteiger charge is -2.13. The van der Waals surface area contributed by atoms with E-state index in [-0.39, 0.29) is 0 Å². The molecule has 0 amide bonds. The second-order valence-corrected chi connectivity index (χ2v) is 4.40. The predicted molar refractivity (Wildman–Crippen MR) is 75.1 cm³/mol. The molecule has 2 heterocycles. The van der Waals surface area contributed by atoms with Gasteiger partial charge in [-0.25, -0.2) is 20.8 Å². The molecule has 0 spiro atoms. The molecule has 0 atom stereocenters. The Balaban J connectivity index is 2.58. The summed E-state index contributed by atoms with van der Waals surface area (Å²) in [6.07, 6.45) is 6.39. The summed E-state index contributed by atoms with van der Waals surface area (Å²) in [5.41, 5.74) is 3.58. The van der Waals surface area contributed by atoms with Gasteiger partial charge in [-0.15, -0.1) is 0 Å². The van der Waals surface area contributed by atoms with E-state index in [2.05, 4.69) is 34.2 Å². The minimum absolute atomic E-state index is 0.671. The predicted octanol–water partition coefficient (Wildman–Crippen LogP) is 1.77. The molecule has 0 radical (unpaired) electrons. The number of nitrogens with two attached hydrogens (primary N) is 1. The van der Waals surface area contributed by atoms with E-state index < -0.39 is 0 Å². The van der Waals surface area contributed by atoms with E-state index in [0.717, 1.165) is 42.3 Å². The third kappa shape index (κ3) is 2.58. The fourth-order valence-electron chi connectivity index (χ4n) is 2.05. The van der Waals surface area contributed by atoms with Gasteiger partial charge >= 0.3 is 0 Å². The molecule has 2 aromatic rings. The quantitative estimate of drug-likeness (QED) is 0.632. The summed E-state index contributed by atoms with van der Waals surface area (Å²) in [5.74, 6) is 8.84. The molecule has 0 saturated heterocycles. The Morgan fingerprint density at radius 3 is 2.74 bits per heavy atom. The number of rotatable bonds is 5. The van der Waals surface area contributed by atoms with Crippen LogP contribution in [0.4, 0.5) is 5.82 Å². The highest BCUT2D eigenvalue weighted by atomic mass is 15.3. The molecule has 6 heteroatoms. The number of nitrogens with one attached hydrogen (secondary N) is 1. The third-order valence-corrected chi connectivity index (χ3v) is 3.04. The number of aromatic nitrogens is 4. The Bertz CT molecular complexity index is 560. The summed E-state index contributed by atoms with van der Waals surface area (Å²) in [6.45, 7) is 6.14. The monoisotopic (exact) mass is 260 g/mol. The van der Waals surface area contributed by atoms with Crippen LogP contribution in [0.5, 0.6) is 0 Å². The summed E-state index contributed by atoms with van der Waals surface area (Å²) < 4.78 is 2.00. The average molecular weight is 260 g/mol. The number of nitrogen functional groups attached to an aromatic ring is 1. The maximum Gasteiger partial charge on any atom is 0.148 e. The van der Waals surface area contributed by atoms with Crippen LogP contribution < -0.4 is 11.3 Å². The zero-order valence-electron chi connectivity index (χ0n) is 11.6. The highest BCUT2D eigenvalue weighted by Gasteiger charge is 2.13. The minimum Gasteiger partial charge on any atom is -0.308 e. The van der Waals surface area contributed by atoms with Crippen molar-refractivity contribution in [2.75, 3.05) is 5.43 Å². The Labute approximate surface area is 113 Å². The SMILES string of the molecule is CCCc1nc(NN)c(C)c(-n2ccnc2CC)n1. The van der Waals surface area contributed by atoms with Gasteiger partial charge in [0.25, 0.3) is 0 Å². The molecule has 0 saturated carbocycles. The molecular weight excluding hydrogens is 240 g/mol. The summed E-state index contributed by atoms with van der Waals surface area (Å²) in [6, 6.07) is 0. The van der Waals surface area contributed by atoms with Crippen LogP contribution in [0, 0.1) is 6.92 Å². The molecule has 3 N–H and O–H groups in total. The first-order valence-electron chi connectivity index (χ1n) is 6.57. The molecule has 0 aliphatic carbocycles. The van der Waals surface area contributed by atoms with Crippen LogP contribution in [-0.4, -0.2) is 19.5 Å². The molecule has 2 aromatic heterocycles. The van der Waals surface area contributed by atoms with Crippen molar-refractivity contribution in [1.82, 2.24) is 19.5 Å². The van der Waals surface area contributed by atoms with Crippen LogP contribution in [0.25, 0.3) is 5.82 Å². The highest BCUT2D eigenvalue weighted by molar-refractivity contribution is 5.51. The van der Waals surface area contributed by atoms with E-state index in [0.29, 0.717) is 5.82 Å². The summed E-state index contributed by atoms with van der Waals surface area (Å²) in [4.78, 5) is 13.4. The van der Waals surface area contributed by atoms with Crippen LogP contribution in [0.1, 0.15) is 37.5 Å². The van der Waals surface area contributed by atoms with Gasteiger partial charge in [-0.2, -0.15) is 0 Å². The van der Waals surface area contributed by atoms with E-state index in [9.17, 15) is 0 Å². The first-order valence-corrected chi connectivity index (χ1v) is 6.57. The maximum absolute atomic E-state index is 5.54. The Morgan fingerprint density at radius 1 is 1.32 bits per heavy atom. The Kier molecular flexibility index (Phi) is 4.11. The number of hydrogen-bond donors (Lipinski definition) is 2. The van der Waals surface area contributed by atoms with Crippen LogP contribution in [-0.2, 0) is 12.8 Å². The Hall–Kier alpha value is -1.95. The number of anilines is 1. The molecule has 0 bridgehead atoms. The number of aryl methyl sites for hydroxylation is 2. The van der Waals surface area contributed by atoms with E-state index in [1.165, 1.54) is 0 Å². The van der Waals surface area contributed by atoms with Gasteiger partial charge in [0.1, 0.15) is 23.3 Å². The molecule has 0 fully saturated rings. The number of imidazole rings is 1. The zero-order chi connectivity index (χ0) is 13.8. The lowest BCUT2D eigenvalue weighted by Crippen LogP contribution is -2.15. The Morgan fingerprint density at radius 2 is 2.11 bits per heavy atom. The minimum atomic E-state index is 0.671. The van der Waals surface area contributed by atoms with Gasteiger partial charge in [-0.3, -0.25) is 4.57 Å². The first-order chi connectivity index (χ1) is 9.21. The molecule has 6 nitrogen and oxygen atoms in total. The average Bonchev–Trinajstić information content (AvgIpc) is 2.89. The van der Waals surface area contributed by atoms with Gasteiger partial charge in [0.15, 0.2) is 0 Å². The molecule has 2 rings (SSSR count). The van der Waals surface area contributed by atoms with Crippen LogP contribution >= 0.6 is 0 Å². The molecule has 0 aromatic carbocycles. The number of nitrogens with zero attached hydrogens (tertiary/aromatic N) is 4. The lowest BCUT2D eigenvalue weighted by atomic mass is 10.2. The molecule has 0 aliphatic heterocycles. The van der Waals surface area contributed by atoms with E-state index in [1.54, 1.807) is 6.20 Å². The van der Waals surface area contributed by atoms with Crippen LogP contribution in [0.3, 0.4) is 0 Å². The van der Waals surface area contributed by atoms with Crippen molar-refractivity contribution in [3.8, 4) is 5.82 Å². The van der Waals surface area contributed by atoms with Crippen LogP contribution in [0.2, 0.25) is 0 Å². The van der Waals surface area contributed by atoms with Gasteiger partial charge in [0, 0.05) is 30.8 Å². The second kappa shape index (κ2) is 5.79. The largest absolute Gasteiger partial charge is 0.308 e. The van der Waals surface area contributed by atoms with Crippen molar-refractivity contribution in [2.45, 2.75) is 40.0 Å². The lowest BCUT2D eigenvalue weighted by molar-refractivity contribution is 0.793. The molecule has 19 heavy (non-hydrogen) atoms. The van der Waals surface area contributed by atoms with Crippen molar-refractivity contribution in [3.63, 3.8) is 0 Å². The van der Waals surface area contributed by atoms with Gasteiger partial charge in [-0.05, 0) is 13.3 Å². The van der Waals surface area contributed by atoms with Gasteiger partial charge in [0.2, 0.25) is 0 Å². The van der Waals surface area contributed by atoms with Gasteiger partial charge in [0.05, 0.1) is 0 Å². The molecule has 102 valence electrons. The van der Waals surface area contributed by atoms with Crippen molar-refractivity contribution in [2.24, 2.45) is 5.84 Å². The van der Waals surface area contributed by atoms with Crippen LogP contribution in [0.15, 0.2) is 12.4 Å². The van der Waals surface area contributed by atoms with E-state index in [4.69, 9.17) is 5.84 Å². The fourth-order valence-corrected chi connectivity index (χ4v) is 2.05. The van der Waals surface area contributed by atoms with Crippen molar-refractivity contribution < 1.29 is 0 Å². The number of hydrazine groups is 1. The summed E-state index contributed by atoms with van der Waals surface area (Å²) >= 11 is 0. The summed E-state index contributed by atoms with van der Waals surface area (Å²) in [5, 5.41) is 0. The second-order valence-electron chi connectivity index (χ2n) is 4.40. The fraction of sp³-hybridized carbons (Fsp3) is 0.462. The normalized spacial score (nSPS) is 10.7. The van der Waals surface area contributed by atoms with Gasteiger partial charge in [-0.1, -0.05) is 13.8 Å². The standard InChI is InChI=1S/C13H20N6/c1-4-6-10-16-12(18-14)9(3)13(17-10)19-8-7-15-11(19)5-2/h7-8H,4-6,14H2,1-3H3,(H,16,17,18). The number of hydrogen-bond acceptors (Lipinski definition) is 5. The highest BCUT2D eigenvalue weighted by Crippen LogP contribution is 2.20. The summed E-state index contributed by atoms with van der Waals surface area (Å²) in [7, 11) is 0. The maximum atomic E-state index is 5.54. The van der Waals surface area contributed by atoms with E-state index in [1.807, 2.05) is 17.7 Å². The van der Waals surface area contributed by atoms with Crippen molar-refractivity contribution >= 4 is 5.82 Å². The smallest absolute Gasteiger partial charge is 0.148 e. The molecule has 0 aliphatic rings. The van der Waals surface area contributed by atoms with Crippen molar-refractivity contribution in [1.29, 1.82) is 0 Å². The third-order valence-electron chi connectivity index (χ3n) is 3.04.